The molecule has 0 bridgehead atoms. The van der Waals surface area contributed by atoms with Crippen LogP contribution < -0.4 is 5.73 Å². The maximum absolute atomic E-state index is 9.84. The number of benzene rings is 3. The molecule has 1 aliphatic rings. The Balaban J connectivity index is 1.66. The molecule has 1 aliphatic carbocycles. The maximum atomic E-state index is 9.84. The van der Waals surface area contributed by atoms with Gasteiger partial charge in [-0.15, -0.1) is 11.8 Å². The molecule has 0 saturated heterocycles. The summed E-state index contributed by atoms with van der Waals surface area (Å²) in [5, 5.41) is 12.2. The summed E-state index contributed by atoms with van der Waals surface area (Å²) in [4.78, 5) is 3.74. The monoisotopic (exact) mass is 455 g/mol. The molecule has 170 valence electrons. The lowest BCUT2D eigenvalue weighted by atomic mass is 9.88. The first-order valence-corrected chi connectivity index (χ1v) is 13.1. The Bertz CT molecular complexity index is 1150. The Morgan fingerprint density at radius 2 is 1.85 bits per heavy atom. The highest BCUT2D eigenvalue weighted by Gasteiger charge is 2.19. The number of fused-ring (bicyclic) bond motifs is 1. The molecule has 0 atom stereocenters. The van der Waals surface area contributed by atoms with Crippen LogP contribution in [0.3, 0.4) is 0 Å². The van der Waals surface area contributed by atoms with Gasteiger partial charge in [0.2, 0.25) is 0 Å². The first-order chi connectivity index (χ1) is 16.2. The normalized spacial score (nSPS) is 15.1. The third-order valence-electron chi connectivity index (χ3n) is 6.76. The zero-order valence-corrected chi connectivity index (χ0v) is 20.3. The lowest BCUT2D eigenvalue weighted by molar-refractivity contribution is 0.209. The van der Waals surface area contributed by atoms with Crippen molar-refractivity contribution in [2.24, 2.45) is 11.7 Å². The summed E-state index contributed by atoms with van der Waals surface area (Å²) in [6.07, 6.45) is 10.6. The number of rotatable bonds is 8. The van der Waals surface area contributed by atoms with Crippen LogP contribution in [-0.2, 0) is 6.54 Å². The van der Waals surface area contributed by atoms with Crippen LogP contribution in [0.25, 0.3) is 21.9 Å². The summed E-state index contributed by atoms with van der Waals surface area (Å²) in [5.41, 5.74) is 10.0. The molecular weight excluding hydrogens is 422 g/mol. The van der Waals surface area contributed by atoms with Crippen LogP contribution in [0.1, 0.15) is 43.2 Å². The van der Waals surface area contributed by atoms with Crippen molar-refractivity contribution < 1.29 is 0 Å². The number of hydrogen-bond acceptors (Lipinski definition) is 4. The molecule has 0 amide bonds. The van der Waals surface area contributed by atoms with Gasteiger partial charge >= 0.3 is 0 Å². The van der Waals surface area contributed by atoms with Gasteiger partial charge in [-0.2, -0.15) is 5.26 Å². The lowest BCUT2D eigenvalue weighted by Crippen LogP contribution is -2.31. The molecule has 0 aliphatic heterocycles. The summed E-state index contributed by atoms with van der Waals surface area (Å²) in [6.45, 7) is 2.83. The van der Waals surface area contributed by atoms with E-state index in [1.807, 2.05) is 6.07 Å². The van der Waals surface area contributed by atoms with Crippen molar-refractivity contribution in [3.8, 4) is 17.2 Å². The zero-order valence-electron chi connectivity index (χ0n) is 19.5. The minimum absolute atomic E-state index is 0.723. The smallest absolute Gasteiger partial charge is 0.0998 e. The fourth-order valence-electron chi connectivity index (χ4n) is 5.05. The predicted molar refractivity (Wildman–Crippen MR) is 142 cm³/mol. The van der Waals surface area contributed by atoms with E-state index in [1.165, 1.54) is 53.3 Å². The van der Waals surface area contributed by atoms with Crippen LogP contribution in [0, 0.1) is 17.2 Å². The highest BCUT2D eigenvalue weighted by atomic mass is 32.2. The van der Waals surface area contributed by atoms with Crippen LogP contribution in [0.5, 0.6) is 0 Å². The van der Waals surface area contributed by atoms with Gasteiger partial charge in [-0.3, -0.25) is 4.90 Å². The summed E-state index contributed by atoms with van der Waals surface area (Å²) in [6, 6.07) is 23.5. The molecule has 1 saturated carbocycles. The van der Waals surface area contributed by atoms with Crippen molar-refractivity contribution in [1.29, 1.82) is 5.26 Å². The quantitative estimate of drug-likeness (QED) is 0.400. The van der Waals surface area contributed by atoms with Gasteiger partial charge in [0.25, 0.3) is 0 Å². The van der Waals surface area contributed by atoms with Crippen molar-refractivity contribution in [1.82, 2.24) is 4.90 Å². The third-order valence-corrected chi connectivity index (χ3v) is 7.55. The van der Waals surface area contributed by atoms with E-state index in [4.69, 9.17) is 5.73 Å². The third kappa shape index (κ3) is 5.79. The van der Waals surface area contributed by atoms with E-state index in [2.05, 4.69) is 71.8 Å². The van der Waals surface area contributed by atoms with Crippen molar-refractivity contribution in [3.63, 3.8) is 0 Å². The minimum atomic E-state index is 0.723. The van der Waals surface area contributed by atoms with E-state index in [0.717, 1.165) is 42.2 Å². The molecule has 4 heteroatoms. The molecule has 0 unspecified atom stereocenters. The van der Waals surface area contributed by atoms with Crippen molar-refractivity contribution >= 4 is 22.5 Å². The molecule has 2 N–H and O–H groups in total. The van der Waals surface area contributed by atoms with Crippen LogP contribution in [0.4, 0.5) is 0 Å². The molecule has 3 aromatic carbocycles. The Labute approximate surface area is 202 Å². The topological polar surface area (TPSA) is 53.0 Å². The van der Waals surface area contributed by atoms with Crippen molar-refractivity contribution in [2.75, 3.05) is 19.3 Å². The Kier molecular flexibility index (Phi) is 8.10. The standard InChI is InChI=1S/C29H33N3S/c1-33-26(18-31)21-32(19-22-8-3-2-4-9-22)20-23-14-15-25(17-30)29(16-23)28-13-7-11-24-10-5-6-12-27(24)28/h5-7,10-16,18,22H,2-4,8-9,19-21,31H2,1H3/b26-18-. The van der Waals surface area contributed by atoms with E-state index in [-0.39, 0.29) is 0 Å². The second-order valence-electron chi connectivity index (χ2n) is 9.03. The molecule has 33 heavy (non-hydrogen) atoms. The molecule has 1 fully saturated rings. The molecule has 3 nitrogen and oxygen atoms in total. The minimum Gasteiger partial charge on any atom is -0.404 e. The number of nitrogens with zero attached hydrogens (tertiary/aromatic N) is 2. The van der Waals surface area contributed by atoms with Gasteiger partial charge in [-0.05, 0) is 59.0 Å². The number of hydrogen-bond donors (Lipinski definition) is 1. The number of thioether (sulfide) groups is 1. The fourth-order valence-corrected chi connectivity index (χ4v) is 5.50. The molecule has 0 aromatic heterocycles. The average molecular weight is 456 g/mol. The van der Waals surface area contributed by atoms with E-state index >= 15 is 0 Å². The van der Waals surface area contributed by atoms with Gasteiger partial charge in [0.05, 0.1) is 11.6 Å². The highest BCUT2D eigenvalue weighted by molar-refractivity contribution is 8.02. The van der Waals surface area contributed by atoms with Gasteiger partial charge in [-0.25, -0.2) is 0 Å². The Morgan fingerprint density at radius 1 is 1.06 bits per heavy atom. The van der Waals surface area contributed by atoms with Crippen LogP contribution in [0.2, 0.25) is 0 Å². The van der Waals surface area contributed by atoms with Crippen molar-refractivity contribution in [3.05, 3.63) is 82.9 Å². The summed E-state index contributed by atoms with van der Waals surface area (Å²) in [7, 11) is 0. The largest absolute Gasteiger partial charge is 0.404 e. The van der Waals surface area contributed by atoms with Gasteiger partial charge in [-0.1, -0.05) is 67.8 Å². The predicted octanol–water partition coefficient (Wildman–Crippen LogP) is 6.92. The Morgan fingerprint density at radius 3 is 2.61 bits per heavy atom. The zero-order chi connectivity index (χ0) is 23.0. The van der Waals surface area contributed by atoms with Crippen LogP contribution >= 0.6 is 11.8 Å². The summed E-state index contributed by atoms with van der Waals surface area (Å²) >= 11 is 1.73. The van der Waals surface area contributed by atoms with Gasteiger partial charge < -0.3 is 5.73 Å². The maximum Gasteiger partial charge on any atom is 0.0998 e. The van der Waals surface area contributed by atoms with E-state index < -0.39 is 0 Å². The van der Waals surface area contributed by atoms with E-state index in [1.54, 1.807) is 18.0 Å². The van der Waals surface area contributed by atoms with E-state index in [0.29, 0.717) is 0 Å². The first-order valence-electron chi connectivity index (χ1n) is 11.9. The second-order valence-corrected chi connectivity index (χ2v) is 9.96. The Hall–Kier alpha value is -2.74. The molecule has 0 spiro atoms. The average Bonchev–Trinajstić information content (AvgIpc) is 2.87. The lowest BCUT2D eigenvalue weighted by Gasteiger charge is -2.30. The van der Waals surface area contributed by atoms with Gasteiger partial charge in [0.15, 0.2) is 0 Å². The highest BCUT2D eigenvalue weighted by Crippen LogP contribution is 2.32. The summed E-state index contributed by atoms with van der Waals surface area (Å²) in [5.74, 6) is 0.760. The molecule has 0 heterocycles. The second kappa shape index (κ2) is 11.4. The van der Waals surface area contributed by atoms with Crippen molar-refractivity contribution in [2.45, 2.75) is 38.6 Å². The molecule has 0 radical (unpaired) electrons. The molecular formula is C29H33N3S. The van der Waals surface area contributed by atoms with Gasteiger partial charge in [0, 0.05) is 36.3 Å². The number of nitriles is 1. The molecule has 4 rings (SSSR count). The van der Waals surface area contributed by atoms with Gasteiger partial charge in [0.1, 0.15) is 0 Å². The summed E-state index contributed by atoms with van der Waals surface area (Å²) < 4.78 is 0. The number of nitrogens with two attached hydrogens (primary N) is 1. The van der Waals surface area contributed by atoms with Crippen LogP contribution in [0.15, 0.2) is 71.8 Å². The first kappa shape index (κ1) is 23.4. The molecule has 3 aromatic rings. The SMILES string of the molecule is CS/C(=C\N)CN(Cc1ccc(C#N)c(-c2cccc3ccccc23)c1)CC1CCCCC1. The van der Waals surface area contributed by atoms with E-state index in [9.17, 15) is 5.26 Å². The van der Waals surface area contributed by atoms with Crippen LogP contribution in [-0.4, -0.2) is 24.2 Å². The fraction of sp³-hybridized carbons (Fsp3) is 0.345.